The average molecular weight is 371 g/mol. The Morgan fingerprint density at radius 1 is 1.11 bits per heavy atom. The lowest BCUT2D eigenvalue weighted by Gasteiger charge is -2.26. The molecule has 1 aromatic heterocycles. The predicted octanol–water partition coefficient (Wildman–Crippen LogP) is 3.47. The molecule has 0 atom stereocenters. The molecular weight excluding hydrogens is 350 g/mol. The smallest absolute Gasteiger partial charge is 0.254 e. The highest BCUT2D eigenvalue weighted by Crippen LogP contribution is 2.21. The fourth-order valence-corrected chi connectivity index (χ4v) is 3.43. The normalized spacial score (nSPS) is 13.9. The van der Waals surface area contributed by atoms with E-state index < -0.39 is 0 Å². The number of anilines is 1. The maximum atomic E-state index is 12.3. The van der Waals surface area contributed by atoms with Crippen molar-refractivity contribution in [3.63, 3.8) is 0 Å². The number of piperidine rings is 1. The van der Waals surface area contributed by atoms with Crippen LogP contribution in [0.25, 0.3) is 10.9 Å². The summed E-state index contributed by atoms with van der Waals surface area (Å²) in [5.41, 5.74) is 3.33. The summed E-state index contributed by atoms with van der Waals surface area (Å²) >= 11 is 0. The van der Waals surface area contributed by atoms with Gasteiger partial charge in [-0.05, 0) is 43.2 Å². The van der Waals surface area contributed by atoms with Gasteiger partial charge in [0.15, 0.2) is 0 Å². The summed E-state index contributed by atoms with van der Waals surface area (Å²) in [6.07, 6.45) is 4.36. The van der Waals surface area contributed by atoms with Gasteiger partial charge >= 0.3 is 0 Å². The van der Waals surface area contributed by atoms with Gasteiger partial charge in [-0.2, -0.15) is 0 Å². The van der Waals surface area contributed by atoms with Crippen molar-refractivity contribution in [2.45, 2.75) is 19.3 Å². The summed E-state index contributed by atoms with van der Waals surface area (Å²) in [4.78, 5) is 29.3. The monoisotopic (exact) mass is 371 g/mol. The molecule has 0 radical (unpaired) electrons. The van der Waals surface area contributed by atoms with Crippen LogP contribution in [0.3, 0.4) is 0 Å². The van der Waals surface area contributed by atoms with Crippen LogP contribution in [0.5, 0.6) is 0 Å². The van der Waals surface area contributed by atoms with E-state index in [1.807, 2.05) is 53.4 Å². The van der Waals surface area contributed by atoms with E-state index in [2.05, 4.69) is 22.1 Å². The minimum atomic E-state index is -0.147. The molecule has 2 N–H and O–H groups in total. The third-order valence-electron chi connectivity index (χ3n) is 4.91. The molecule has 1 saturated heterocycles. The standard InChI is InChI=1S/C23H21N3O2/c27-22-9-3-4-15-26(22)18-12-10-17(11-13-18)6-5-14-24-23(28)20-16-25-21-8-2-1-7-19(20)21/h1-2,7-8,10-13,16,25H,3-4,9,14-15H2,(H,24,28). The zero-order valence-corrected chi connectivity index (χ0v) is 15.5. The van der Waals surface area contributed by atoms with Crippen molar-refractivity contribution in [3.8, 4) is 11.8 Å². The molecule has 2 amide bonds. The van der Waals surface area contributed by atoms with E-state index in [9.17, 15) is 9.59 Å². The van der Waals surface area contributed by atoms with E-state index >= 15 is 0 Å². The van der Waals surface area contributed by atoms with Gasteiger partial charge in [-0.3, -0.25) is 9.59 Å². The Bertz CT molecular complexity index is 1070. The van der Waals surface area contributed by atoms with Crippen molar-refractivity contribution in [1.29, 1.82) is 0 Å². The second-order valence-corrected chi connectivity index (χ2v) is 6.78. The van der Waals surface area contributed by atoms with Gasteiger partial charge in [0.1, 0.15) is 0 Å². The largest absolute Gasteiger partial charge is 0.360 e. The first-order chi connectivity index (χ1) is 13.7. The second-order valence-electron chi connectivity index (χ2n) is 6.78. The van der Waals surface area contributed by atoms with Gasteiger partial charge < -0.3 is 15.2 Å². The lowest BCUT2D eigenvalue weighted by atomic mass is 10.1. The lowest BCUT2D eigenvalue weighted by molar-refractivity contribution is -0.119. The number of H-pyrrole nitrogens is 1. The Morgan fingerprint density at radius 3 is 2.75 bits per heavy atom. The van der Waals surface area contributed by atoms with Gasteiger partial charge in [0.05, 0.1) is 12.1 Å². The third-order valence-corrected chi connectivity index (χ3v) is 4.91. The van der Waals surface area contributed by atoms with Crippen molar-refractivity contribution in [3.05, 3.63) is 65.9 Å². The van der Waals surface area contributed by atoms with Crippen LogP contribution in [0.2, 0.25) is 0 Å². The summed E-state index contributed by atoms with van der Waals surface area (Å²) in [7, 11) is 0. The molecule has 3 aromatic rings. The molecule has 0 aliphatic carbocycles. The van der Waals surface area contributed by atoms with Crippen LogP contribution >= 0.6 is 0 Å². The maximum Gasteiger partial charge on any atom is 0.254 e. The zero-order chi connectivity index (χ0) is 19.3. The van der Waals surface area contributed by atoms with Gasteiger partial charge in [0.2, 0.25) is 5.91 Å². The molecule has 1 fully saturated rings. The molecule has 0 unspecified atom stereocenters. The molecule has 0 bridgehead atoms. The first kappa shape index (κ1) is 17.9. The van der Waals surface area contributed by atoms with Crippen molar-refractivity contribution < 1.29 is 9.59 Å². The van der Waals surface area contributed by atoms with Gasteiger partial charge in [0.25, 0.3) is 5.91 Å². The molecule has 5 heteroatoms. The second kappa shape index (κ2) is 8.01. The Hall–Kier alpha value is -3.52. The third kappa shape index (κ3) is 3.77. The maximum absolute atomic E-state index is 12.3. The summed E-state index contributed by atoms with van der Waals surface area (Å²) in [5, 5.41) is 3.73. The molecule has 0 saturated carbocycles. The SMILES string of the molecule is O=C(NCC#Cc1ccc(N2CCCCC2=O)cc1)c1c[nH]c2ccccc12. The highest BCUT2D eigenvalue weighted by molar-refractivity contribution is 6.06. The van der Waals surface area contributed by atoms with Crippen molar-refractivity contribution in [2.24, 2.45) is 0 Å². The predicted molar refractivity (Wildman–Crippen MR) is 110 cm³/mol. The first-order valence-electron chi connectivity index (χ1n) is 9.46. The lowest BCUT2D eigenvalue weighted by Crippen LogP contribution is -2.35. The number of benzene rings is 2. The van der Waals surface area contributed by atoms with E-state index in [1.165, 1.54) is 0 Å². The van der Waals surface area contributed by atoms with Crippen molar-refractivity contribution in [2.75, 3.05) is 18.0 Å². The minimum absolute atomic E-state index is 0.147. The van der Waals surface area contributed by atoms with E-state index in [0.29, 0.717) is 12.0 Å². The van der Waals surface area contributed by atoms with Crippen molar-refractivity contribution >= 4 is 28.4 Å². The number of hydrogen-bond donors (Lipinski definition) is 2. The Morgan fingerprint density at radius 2 is 1.93 bits per heavy atom. The summed E-state index contributed by atoms with van der Waals surface area (Å²) in [6.45, 7) is 1.05. The number of nitrogens with one attached hydrogen (secondary N) is 2. The number of rotatable bonds is 3. The number of amides is 2. The molecule has 4 rings (SSSR count). The van der Waals surface area contributed by atoms with Gasteiger partial charge in [0, 0.05) is 41.3 Å². The van der Waals surface area contributed by atoms with Crippen LogP contribution in [0.15, 0.2) is 54.7 Å². The highest BCUT2D eigenvalue weighted by Gasteiger charge is 2.19. The zero-order valence-electron chi connectivity index (χ0n) is 15.5. The van der Waals surface area contributed by atoms with Crippen LogP contribution < -0.4 is 10.2 Å². The molecule has 2 aromatic carbocycles. The molecule has 0 spiro atoms. The molecule has 140 valence electrons. The number of para-hydroxylation sites is 1. The first-order valence-corrected chi connectivity index (χ1v) is 9.46. The van der Waals surface area contributed by atoms with Crippen LogP contribution in [0.1, 0.15) is 35.2 Å². The van der Waals surface area contributed by atoms with E-state index in [0.717, 1.165) is 41.5 Å². The number of nitrogens with zero attached hydrogens (tertiary/aromatic N) is 1. The van der Waals surface area contributed by atoms with Crippen LogP contribution in [0, 0.1) is 11.8 Å². The highest BCUT2D eigenvalue weighted by atomic mass is 16.2. The summed E-state index contributed by atoms with van der Waals surface area (Å²) < 4.78 is 0. The molecule has 1 aliphatic rings. The molecular formula is C23H21N3O2. The number of hydrogen-bond acceptors (Lipinski definition) is 2. The summed E-state index contributed by atoms with van der Waals surface area (Å²) in [6, 6.07) is 15.4. The number of aromatic amines is 1. The van der Waals surface area contributed by atoms with Crippen LogP contribution in [-0.2, 0) is 4.79 Å². The number of carbonyl (C=O) groups excluding carboxylic acids is 2. The topological polar surface area (TPSA) is 65.2 Å². The van der Waals surface area contributed by atoms with Crippen LogP contribution in [-0.4, -0.2) is 29.9 Å². The molecule has 5 nitrogen and oxygen atoms in total. The van der Waals surface area contributed by atoms with E-state index in [-0.39, 0.29) is 18.4 Å². The Labute approximate surface area is 163 Å². The fraction of sp³-hybridized carbons (Fsp3) is 0.217. The van der Waals surface area contributed by atoms with Crippen LogP contribution in [0.4, 0.5) is 5.69 Å². The van der Waals surface area contributed by atoms with Gasteiger partial charge in [-0.15, -0.1) is 0 Å². The Balaban J connectivity index is 1.35. The summed E-state index contributed by atoms with van der Waals surface area (Å²) in [5.74, 6) is 6.06. The molecule has 2 heterocycles. The quantitative estimate of drug-likeness (QED) is 0.693. The average Bonchev–Trinajstić information content (AvgIpc) is 3.16. The minimum Gasteiger partial charge on any atom is -0.360 e. The van der Waals surface area contributed by atoms with Gasteiger partial charge in [-0.25, -0.2) is 0 Å². The molecule has 28 heavy (non-hydrogen) atoms. The number of fused-ring (bicyclic) bond motifs is 1. The number of carbonyl (C=O) groups is 2. The van der Waals surface area contributed by atoms with Crippen molar-refractivity contribution in [1.82, 2.24) is 10.3 Å². The van der Waals surface area contributed by atoms with E-state index in [1.54, 1.807) is 6.20 Å². The van der Waals surface area contributed by atoms with Gasteiger partial charge in [-0.1, -0.05) is 30.0 Å². The molecule has 1 aliphatic heterocycles. The Kier molecular flexibility index (Phi) is 5.11. The van der Waals surface area contributed by atoms with E-state index in [4.69, 9.17) is 0 Å². The fourth-order valence-electron chi connectivity index (χ4n) is 3.43. The number of aromatic nitrogens is 1.